The second kappa shape index (κ2) is 7.14. The molecule has 7 nitrogen and oxygen atoms in total. The number of carboxylic acids is 1. The highest BCUT2D eigenvalue weighted by atomic mass is 32.2. The van der Waals surface area contributed by atoms with Crippen LogP contribution in [-0.2, 0) is 14.8 Å². The zero-order chi connectivity index (χ0) is 17.8. The van der Waals surface area contributed by atoms with Crippen LogP contribution >= 0.6 is 0 Å². The summed E-state index contributed by atoms with van der Waals surface area (Å²) < 4.78 is 26.2. The molecule has 0 aromatic heterocycles. The van der Waals surface area contributed by atoms with E-state index in [1.165, 1.54) is 30.3 Å². The third-order valence-corrected chi connectivity index (χ3v) is 5.46. The Balaban J connectivity index is 2.09. The zero-order valence-corrected chi connectivity index (χ0v) is 13.9. The van der Waals surface area contributed by atoms with Crippen LogP contribution in [0.25, 0.3) is 0 Å². The molecule has 0 heterocycles. The van der Waals surface area contributed by atoms with Crippen molar-refractivity contribution in [3.63, 3.8) is 0 Å². The number of aliphatic carboxylic acids is 1. The van der Waals surface area contributed by atoms with Crippen LogP contribution < -0.4 is 10.0 Å². The molecule has 0 atom stereocenters. The van der Waals surface area contributed by atoms with Gasteiger partial charge in [0.2, 0.25) is 10.0 Å². The number of nitrogens with one attached hydrogen (secondary N) is 2. The number of carboxylic acid groups (broad SMARTS) is 1. The topological polar surface area (TPSA) is 113 Å². The smallest absolute Gasteiger partial charge is 0.305 e. The Bertz CT molecular complexity index is 736. The molecule has 24 heavy (non-hydrogen) atoms. The lowest BCUT2D eigenvalue weighted by Crippen LogP contribution is -2.54. The van der Waals surface area contributed by atoms with E-state index in [0.29, 0.717) is 12.8 Å². The summed E-state index contributed by atoms with van der Waals surface area (Å²) in [4.78, 5) is 23.3. The average molecular weight is 352 g/mol. The highest BCUT2D eigenvalue weighted by Crippen LogP contribution is 2.35. The van der Waals surface area contributed by atoms with Gasteiger partial charge in [0, 0.05) is 12.1 Å². The molecule has 3 N–H and O–H groups in total. The number of carbonyl (C=O) groups is 2. The molecule has 2 rings (SSSR count). The monoisotopic (exact) mass is 352 g/mol. The molecule has 1 aliphatic rings. The lowest BCUT2D eigenvalue weighted by Gasteiger charge is -2.41. The van der Waals surface area contributed by atoms with E-state index >= 15 is 0 Å². The van der Waals surface area contributed by atoms with Gasteiger partial charge >= 0.3 is 5.97 Å². The molecule has 0 bridgehead atoms. The Labute approximate surface area is 140 Å². The van der Waals surface area contributed by atoms with E-state index in [0.717, 1.165) is 6.42 Å². The van der Waals surface area contributed by atoms with Crippen LogP contribution in [-0.4, -0.2) is 37.5 Å². The van der Waals surface area contributed by atoms with Gasteiger partial charge in [-0.3, -0.25) is 9.59 Å². The number of hydrogen-bond donors (Lipinski definition) is 3. The normalized spacial score (nSPS) is 16.0. The lowest BCUT2D eigenvalue weighted by molar-refractivity contribution is -0.139. The first kappa shape index (κ1) is 18.2. The van der Waals surface area contributed by atoms with Crippen LogP contribution in [0.1, 0.15) is 36.0 Å². The van der Waals surface area contributed by atoms with Gasteiger partial charge in [-0.1, -0.05) is 6.08 Å². The molecule has 1 aromatic carbocycles. The van der Waals surface area contributed by atoms with E-state index in [1.54, 1.807) is 0 Å². The zero-order valence-electron chi connectivity index (χ0n) is 13.1. The minimum atomic E-state index is -3.64. The summed E-state index contributed by atoms with van der Waals surface area (Å²) in [6.07, 6.45) is 3.45. The van der Waals surface area contributed by atoms with Gasteiger partial charge in [0.25, 0.3) is 5.91 Å². The molecule has 130 valence electrons. The third-order valence-electron chi connectivity index (χ3n) is 4.02. The van der Waals surface area contributed by atoms with Crippen molar-refractivity contribution in [3.05, 3.63) is 42.5 Å². The van der Waals surface area contributed by atoms with Crippen molar-refractivity contribution >= 4 is 21.9 Å². The number of sulfonamides is 1. The van der Waals surface area contributed by atoms with Crippen molar-refractivity contribution in [2.24, 2.45) is 0 Å². The number of carbonyl (C=O) groups excluding carboxylic acids is 1. The van der Waals surface area contributed by atoms with Gasteiger partial charge in [0.05, 0.1) is 16.9 Å². The molecule has 1 aliphatic carbocycles. The van der Waals surface area contributed by atoms with E-state index in [4.69, 9.17) is 5.11 Å². The predicted molar refractivity (Wildman–Crippen MR) is 88.1 cm³/mol. The predicted octanol–water partition coefficient (Wildman–Crippen LogP) is 1.28. The first-order chi connectivity index (χ1) is 11.3. The third kappa shape index (κ3) is 4.21. The molecule has 1 fully saturated rings. The Hall–Kier alpha value is -2.19. The molecule has 0 radical (unpaired) electrons. The fourth-order valence-electron chi connectivity index (χ4n) is 2.59. The second-order valence-electron chi connectivity index (χ2n) is 5.82. The summed E-state index contributed by atoms with van der Waals surface area (Å²) in [6, 6.07) is 5.49. The number of rotatable bonds is 8. The maximum absolute atomic E-state index is 12.3. The van der Waals surface area contributed by atoms with E-state index in [1.807, 2.05) is 0 Å². The molecule has 1 saturated carbocycles. The Morgan fingerprint density at radius 2 is 1.88 bits per heavy atom. The van der Waals surface area contributed by atoms with E-state index in [-0.39, 0.29) is 23.4 Å². The van der Waals surface area contributed by atoms with Gasteiger partial charge in [-0.05, 0) is 43.5 Å². The summed E-state index contributed by atoms with van der Waals surface area (Å²) in [7, 11) is -3.64. The largest absolute Gasteiger partial charge is 0.481 e. The summed E-state index contributed by atoms with van der Waals surface area (Å²) in [6.45, 7) is 3.55. The summed E-state index contributed by atoms with van der Waals surface area (Å²) in [5, 5.41) is 11.7. The molecule has 0 unspecified atom stereocenters. The van der Waals surface area contributed by atoms with Crippen molar-refractivity contribution < 1.29 is 23.1 Å². The van der Waals surface area contributed by atoms with E-state index in [2.05, 4.69) is 16.6 Å². The Kier molecular flexibility index (Phi) is 5.40. The highest BCUT2D eigenvalue weighted by Gasteiger charge is 2.40. The summed E-state index contributed by atoms with van der Waals surface area (Å²) >= 11 is 0. The molecular formula is C16H20N2O5S. The fraction of sp³-hybridized carbons (Fsp3) is 0.375. The van der Waals surface area contributed by atoms with E-state index in [9.17, 15) is 18.0 Å². The molecule has 0 aliphatic heterocycles. The first-order valence-electron chi connectivity index (χ1n) is 7.53. The van der Waals surface area contributed by atoms with Crippen molar-refractivity contribution in [2.75, 3.05) is 6.54 Å². The Morgan fingerprint density at radius 1 is 1.25 bits per heavy atom. The Morgan fingerprint density at radius 3 is 2.33 bits per heavy atom. The van der Waals surface area contributed by atoms with Crippen LogP contribution in [0.3, 0.4) is 0 Å². The molecule has 8 heteroatoms. The quantitative estimate of drug-likeness (QED) is 0.610. The highest BCUT2D eigenvalue weighted by molar-refractivity contribution is 7.89. The second-order valence-corrected chi connectivity index (χ2v) is 7.59. The van der Waals surface area contributed by atoms with Crippen LogP contribution in [0.5, 0.6) is 0 Å². The maximum atomic E-state index is 12.3. The lowest BCUT2D eigenvalue weighted by atomic mass is 9.74. The van der Waals surface area contributed by atoms with Gasteiger partial charge in [-0.25, -0.2) is 13.1 Å². The summed E-state index contributed by atoms with van der Waals surface area (Å²) in [5.41, 5.74) is -0.409. The van der Waals surface area contributed by atoms with Gasteiger partial charge in [-0.15, -0.1) is 6.58 Å². The molecule has 1 aromatic rings. The molecule has 1 amide bonds. The molecule has 0 spiro atoms. The fourth-order valence-corrected chi connectivity index (χ4v) is 3.59. The summed E-state index contributed by atoms with van der Waals surface area (Å²) in [5.74, 6) is -1.36. The van der Waals surface area contributed by atoms with Gasteiger partial charge < -0.3 is 10.4 Å². The van der Waals surface area contributed by atoms with E-state index < -0.39 is 27.4 Å². The average Bonchev–Trinajstić information content (AvgIpc) is 2.50. The SMILES string of the molecule is C=CCNS(=O)(=O)c1ccc(C(=O)NC2(CC(=O)O)CCC2)cc1. The van der Waals surface area contributed by atoms with Crippen LogP contribution in [0.2, 0.25) is 0 Å². The maximum Gasteiger partial charge on any atom is 0.305 e. The van der Waals surface area contributed by atoms with Crippen molar-refractivity contribution in [2.45, 2.75) is 36.1 Å². The minimum Gasteiger partial charge on any atom is -0.481 e. The minimum absolute atomic E-state index is 0.0461. The van der Waals surface area contributed by atoms with Crippen molar-refractivity contribution in [1.82, 2.24) is 10.0 Å². The van der Waals surface area contributed by atoms with Gasteiger partial charge in [0.15, 0.2) is 0 Å². The van der Waals surface area contributed by atoms with Crippen LogP contribution in [0.15, 0.2) is 41.8 Å². The number of benzene rings is 1. The van der Waals surface area contributed by atoms with Gasteiger partial charge in [-0.2, -0.15) is 0 Å². The van der Waals surface area contributed by atoms with Crippen molar-refractivity contribution in [1.29, 1.82) is 0 Å². The molecule has 0 saturated heterocycles. The van der Waals surface area contributed by atoms with Crippen LogP contribution in [0, 0.1) is 0 Å². The number of hydrogen-bond acceptors (Lipinski definition) is 4. The number of amides is 1. The van der Waals surface area contributed by atoms with Crippen molar-refractivity contribution in [3.8, 4) is 0 Å². The standard InChI is InChI=1S/C16H20N2O5S/c1-2-10-17-24(22,23)13-6-4-12(5-7-13)15(21)18-16(8-3-9-16)11-14(19)20/h2,4-7,17H,1,3,8-11H2,(H,18,21)(H,19,20). The first-order valence-corrected chi connectivity index (χ1v) is 9.01. The molecular weight excluding hydrogens is 332 g/mol. The van der Waals surface area contributed by atoms with Gasteiger partial charge in [0.1, 0.15) is 0 Å². The van der Waals surface area contributed by atoms with Crippen LogP contribution in [0.4, 0.5) is 0 Å².